The zero-order valence-electron chi connectivity index (χ0n) is 28.5. The van der Waals surface area contributed by atoms with Gasteiger partial charge in [-0.2, -0.15) is 8.42 Å². The molecule has 0 aliphatic rings. The third-order valence-corrected chi connectivity index (χ3v) is 9.59. The molecule has 0 unspecified atom stereocenters. The second kappa shape index (κ2) is 31.6. The van der Waals surface area contributed by atoms with Crippen LogP contribution < -0.4 is 29.6 Å². The number of hydrogen-bond acceptors (Lipinski definition) is 3. The first-order valence-electron chi connectivity index (χ1n) is 17.6. The van der Waals surface area contributed by atoms with Gasteiger partial charge in [0.15, 0.2) is 0 Å². The maximum absolute atomic E-state index is 12.1. The van der Waals surface area contributed by atoms with Crippen molar-refractivity contribution in [1.82, 2.24) is 0 Å². The minimum atomic E-state index is -3.59. The number of unbranched alkanes of at least 4 members (excludes halogenated alkanes) is 27. The third-order valence-electron chi connectivity index (χ3n) is 8.27. The summed E-state index contributed by atoms with van der Waals surface area (Å²) < 4.78 is 29.3. The van der Waals surface area contributed by atoms with Crippen molar-refractivity contribution in [2.45, 2.75) is 192 Å². The second-order valence-electron chi connectivity index (χ2n) is 12.1. The van der Waals surface area contributed by atoms with Gasteiger partial charge < -0.3 is 1.43 Å². The van der Waals surface area contributed by atoms with E-state index in [0.29, 0.717) is 0 Å². The van der Waals surface area contributed by atoms with Gasteiger partial charge in [-0.15, -0.1) is 0 Å². The molecule has 3 nitrogen and oxygen atoms in total. The van der Waals surface area contributed by atoms with E-state index < -0.39 is 10.1 Å². The van der Waals surface area contributed by atoms with E-state index in [1.807, 2.05) is 6.07 Å². The van der Waals surface area contributed by atoms with Crippen molar-refractivity contribution in [2.75, 3.05) is 6.61 Å². The van der Waals surface area contributed by atoms with Gasteiger partial charge in [0.05, 0.1) is 11.5 Å². The molecule has 1 rings (SSSR count). The summed E-state index contributed by atoms with van der Waals surface area (Å²) in [6, 6.07) is 8.41. The number of benzene rings is 1. The fraction of sp³-hybridized carbons (Fsp3) is 0.833. The van der Waals surface area contributed by atoms with E-state index in [9.17, 15) is 8.42 Å². The molecule has 0 radical (unpaired) electrons. The van der Waals surface area contributed by atoms with Crippen LogP contribution in [-0.2, 0) is 14.3 Å². The molecule has 0 fully saturated rings. The van der Waals surface area contributed by atoms with E-state index in [1.165, 1.54) is 167 Å². The van der Waals surface area contributed by atoms with E-state index in [4.69, 9.17) is 4.18 Å². The fourth-order valence-corrected chi connectivity index (χ4v) is 6.56. The maximum Gasteiger partial charge on any atom is 1.00 e. The standard InChI is InChI=1S/C36H66O3S.Na.H/c1-2-3-4-5-6-7-8-9-10-11-12-13-14-15-16-17-18-19-20-21-22-23-24-25-26-27-28-32-35-39-40(37,38)36-33-30-29-31-34-36;;/h29-31,33-34H,2-28,32,35H2,1H3;;/q;+1;-1. The monoisotopic (exact) mass is 602 g/mol. The van der Waals surface area contributed by atoms with Crippen molar-refractivity contribution >= 4 is 10.1 Å². The van der Waals surface area contributed by atoms with Gasteiger partial charge in [-0.25, -0.2) is 0 Å². The fourth-order valence-electron chi connectivity index (χ4n) is 5.60. The molecule has 0 aliphatic carbocycles. The van der Waals surface area contributed by atoms with Crippen LogP contribution in [0.2, 0.25) is 0 Å². The molecule has 0 saturated heterocycles. The molecule has 1 aromatic carbocycles. The molecule has 0 spiro atoms. The van der Waals surface area contributed by atoms with Crippen molar-refractivity contribution in [1.29, 1.82) is 0 Å². The smallest absolute Gasteiger partial charge is 1.00 e. The summed E-state index contributed by atoms with van der Waals surface area (Å²) in [5.41, 5.74) is 0. The van der Waals surface area contributed by atoms with Crippen LogP contribution in [0.25, 0.3) is 0 Å². The summed E-state index contributed by atoms with van der Waals surface area (Å²) in [4.78, 5) is 0.246. The van der Waals surface area contributed by atoms with Crippen LogP contribution in [0.4, 0.5) is 0 Å². The topological polar surface area (TPSA) is 43.4 Å². The maximum atomic E-state index is 12.1. The Bertz CT molecular complexity index is 745. The molecule has 0 amide bonds. The number of rotatable bonds is 31. The summed E-state index contributed by atoms with van der Waals surface area (Å²) >= 11 is 0. The van der Waals surface area contributed by atoms with Crippen molar-refractivity contribution in [3.8, 4) is 0 Å². The van der Waals surface area contributed by atoms with Gasteiger partial charge in [0.25, 0.3) is 10.1 Å². The SMILES string of the molecule is CCCCCCCCCCCCCCCCCCCCCCCCCCCCCCOS(=O)(=O)c1ccccc1.[H-].[Na+]. The molecule has 0 bridgehead atoms. The molecule has 41 heavy (non-hydrogen) atoms. The Morgan fingerprint density at radius 3 is 1.02 bits per heavy atom. The van der Waals surface area contributed by atoms with Crippen molar-refractivity contribution in [2.24, 2.45) is 0 Å². The Morgan fingerprint density at radius 1 is 0.463 bits per heavy atom. The van der Waals surface area contributed by atoms with E-state index in [2.05, 4.69) is 6.92 Å². The Morgan fingerprint density at radius 2 is 0.732 bits per heavy atom. The van der Waals surface area contributed by atoms with Gasteiger partial charge in [-0.05, 0) is 18.6 Å². The Hall–Kier alpha value is 0.130. The second-order valence-corrected chi connectivity index (χ2v) is 13.8. The molecular formula is C36H67NaO3S. The Labute approximate surface area is 280 Å². The predicted octanol–water partition coefficient (Wildman–Crippen LogP) is 9.45. The molecule has 1 aromatic rings. The van der Waals surface area contributed by atoms with Crippen LogP contribution in [0.15, 0.2) is 35.2 Å². The molecule has 0 N–H and O–H groups in total. The molecule has 5 heteroatoms. The van der Waals surface area contributed by atoms with E-state index in [1.54, 1.807) is 24.3 Å². The largest absolute Gasteiger partial charge is 1.00 e. The van der Waals surface area contributed by atoms with Gasteiger partial charge in [-0.1, -0.05) is 198 Å². The van der Waals surface area contributed by atoms with Gasteiger partial charge in [0, 0.05) is 0 Å². The van der Waals surface area contributed by atoms with Crippen LogP contribution in [0.1, 0.15) is 188 Å². The average molecular weight is 603 g/mol. The molecule has 0 aromatic heterocycles. The van der Waals surface area contributed by atoms with Crippen LogP contribution in [0, 0.1) is 0 Å². The predicted molar refractivity (Wildman–Crippen MR) is 176 cm³/mol. The van der Waals surface area contributed by atoms with Crippen LogP contribution in [-0.4, -0.2) is 15.0 Å². The molecule has 0 aliphatic heterocycles. The summed E-state index contributed by atoms with van der Waals surface area (Å²) in [5.74, 6) is 0. The molecule has 0 heterocycles. The quantitative estimate of drug-likeness (QED) is 0.0483. The summed E-state index contributed by atoms with van der Waals surface area (Å²) in [6.07, 6.45) is 38.7. The van der Waals surface area contributed by atoms with Crippen LogP contribution >= 0.6 is 0 Å². The molecule has 236 valence electrons. The van der Waals surface area contributed by atoms with Gasteiger partial charge in [0.2, 0.25) is 0 Å². The molecule has 0 saturated carbocycles. The first kappa shape index (κ1) is 41.1. The van der Waals surface area contributed by atoms with Crippen molar-refractivity contribution in [3.63, 3.8) is 0 Å². The minimum absolute atomic E-state index is 0. The van der Waals surface area contributed by atoms with Crippen LogP contribution in [0.3, 0.4) is 0 Å². The van der Waals surface area contributed by atoms with Gasteiger partial charge in [0.1, 0.15) is 0 Å². The summed E-state index contributed by atoms with van der Waals surface area (Å²) in [5, 5.41) is 0. The van der Waals surface area contributed by atoms with E-state index in [0.717, 1.165) is 12.8 Å². The molecule has 0 atom stereocenters. The molecular weight excluding hydrogens is 535 g/mol. The van der Waals surface area contributed by atoms with Crippen molar-refractivity contribution in [3.05, 3.63) is 30.3 Å². The van der Waals surface area contributed by atoms with E-state index in [-0.39, 0.29) is 42.5 Å². The zero-order chi connectivity index (χ0) is 28.8. The normalized spacial score (nSPS) is 11.5. The summed E-state index contributed by atoms with van der Waals surface area (Å²) in [6.45, 7) is 2.59. The Kier molecular flexibility index (Phi) is 31.7. The first-order valence-corrected chi connectivity index (χ1v) is 19.0. The van der Waals surface area contributed by atoms with Gasteiger partial charge >= 0.3 is 29.6 Å². The average Bonchev–Trinajstić information content (AvgIpc) is 2.97. The van der Waals surface area contributed by atoms with Crippen LogP contribution in [0.5, 0.6) is 0 Å². The number of hydrogen-bond donors (Lipinski definition) is 0. The van der Waals surface area contributed by atoms with Gasteiger partial charge in [-0.3, -0.25) is 4.18 Å². The third kappa shape index (κ3) is 27.4. The summed E-state index contributed by atoms with van der Waals surface area (Å²) in [7, 11) is -3.59. The first-order chi connectivity index (χ1) is 19.7. The Balaban J connectivity index is 0. The van der Waals surface area contributed by atoms with Crippen molar-refractivity contribution < 1.29 is 43.6 Å². The zero-order valence-corrected chi connectivity index (χ0v) is 30.3. The van der Waals surface area contributed by atoms with E-state index >= 15 is 0 Å². The minimum Gasteiger partial charge on any atom is -1.00 e.